The maximum absolute atomic E-state index is 11.5. The van der Waals surface area contributed by atoms with Gasteiger partial charge in [0.05, 0.1) is 0 Å². The molecule has 1 saturated heterocycles. The second-order valence-corrected chi connectivity index (χ2v) is 5.73. The molecule has 1 aromatic carbocycles. The summed E-state index contributed by atoms with van der Waals surface area (Å²) in [4.78, 5) is 16.4. The molecule has 1 saturated carbocycles. The van der Waals surface area contributed by atoms with Crippen LogP contribution in [0.15, 0.2) is 30.3 Å². The van der Waals surface area contributed by atoms with Crippen LogP contribution in [0.25, 0.3) is 0 Å². The lowest BCUT2D eigenvalue weighted by atomic mass is 10.2. The van der Waals surface area contributed by atoms with Gasteiger partial charge in [-0.15, -0.1) is 0 Å². The molecule has 1 aliphatic heterocycles. The second-order valence-electron chi connectivity index (χ2n) is 5.73. The maximum Gasteiger partial charge on any atom is 0.223 e. The normalized spacial score (nSPS) is 19.9. The smallest absolute Gasteiger partial charge is 0.223 e. The monoisotopic (exact) mass is 273 g/mol. The molecule has 4 nitrogen and oxygen atoms in total. The van der Waals surface area contributed by atoms with E-state index >= 15 is 0 Å². The summed E-state index contributed by atoms with van der Waals surface area (Å²) in [7, 11) is 0. The van der Waals surface area contributed by atoms with Gasteiger partial charge in [0.2, 0.25) is 5.91 Å². The average molecular weight is 273 g/mol. The molecule has 0 aromatic heterocycles. The van der Waals surface area contributed by atoms with Crippen molar-refractivity contribution in [1.29, 1.82) is 0 Å². The van der Waals surface area contributed by atoms with E-state index in [1.807, 2.05) is 0 Å². The number of benzene rings is 1. The van der Waals surface area contributed by atoms with Crippen LogP contribution in [0.5, 0.6) is 0 Å². The van der Waals surface area contributed by atoms with Crippen LogP contribution in [0.1, 0.15) is 12.8 Å². The van der Waals surface area contributed by atoms with Gasteiger partial charge in [0.1, 0.15) is 0 Å². The Hall–Kier alpha value is -1.55. The predicted octanol–water partition coefficient (Wildman–Crippen LogP) is 1.33. The number of carbonyl (C=O) groups is 1. The van der Waals surface area contributed by atoms with Crippen molar-refractivity contribution < 1.29 is 4.79 Å². The van der Waals surface area contributed by atoms with Crippen molar-refractivity contribution in [3.63, 3.8) is 0 Å². The highest BCUT2D eigenvalue weighted by Gasteiger charge is 2.29. The summed E-state index contributed by atoms with van der Waals surface area (Å²) >= 11 is 0. The number of carbonyl (C=O) groups excluding carboxylic acids is 1. The summed E-state index contributed by atoms with van der Waals surface area (Å²) in [6, 6.07) is 10.6. The molecule has 4 heteroatoms. The topological polar surface area (TPSA) is 35.6 Å². The van der Waals surface area contributed by atoms with Crippen molar-refractivity contribution >= 4 is 11.6 Å². The number of rotatable bonds is 5. The Balaban J connectivity index is 1.37. The largest absolute Gasteiger partial charge is 0.369 e. The van der Waals surface area contributed by atoms with Crippen LogP contribution >= 0.6 is 0 Å². The van der Waals surface area contributed by atoms with Crippen molar-refractivity contribution in [3.8, 4) is 0 Å². The third-order valence-electron chi connectivity index (χ3n) is 4.17. The molecule has 1 amide bonds. The van der Waals surface area contributed by atoms with E-state index in [0.29, 0.717) is 5.92 Å². The Morgan fingerprint density at radius 3 is 2.45 bits per heavy atom. The second kappa shape index (κ2) is 6.27. The lowest BCUT2D eigenvalue weighted by molar-refractivity contribution is -0.122. The van der Waals surface area contributed by atoms with Crippen molar-refractivity contribution in [3.05, 3.63) is 30.3 Å². The van der Waals surface area contributed by atoms with Gasteiger partial charge in [0.15, 0.2) is 0 Å². The van der Waals surface area contributed by atoms with Gasteiger partial charge in [-0.1, -0.05) is 18.2 Å². The minimum absolute atomic E-state index is 0.257. The molecule has 1 aromatic rings. The molecule has 2 fully saturated rings. The minimum Gasteiger partial charge on any atom is -0.369 e. The van der Waals surface area contributed by atoms with Crippen LogP contribution in [-0.4, -0.2) is 50.1 Å². The van der Waals surface area contributed by atoms with Gasteiger partial charge in [0, 0.05) is 50.9 Å². The first kappa shape index (κ1) is 13.4. The van der Waals surface area contributed by atoms with E-state index in [2.05, 4.69) is 45.4 Å². The number of piperazine rings is 1. The highest BCUT2D eigenvalue weighted by atomic mass is 16.2. The fraction of sp³-hybridized carbons (Fsp3) is 0.562. The fourth-order valence-electron chi connectivity index (χ4n) is 2.70. The van der Waals surface area contributed by atoms with E-state index in [0.717, 1.165) is 52.1 Å². The van der Waals surface area contributed by atoms with Crippen LogP contribution in [0, 0.1) is 5.92 Å². The van der Waals surface area contributed by atoms with Gasteiger partial charge in [-0.25, -0.2) is 0 Å². The maximum atomic E-state index is 11.5. The highest BCUT2D eigenvalue weighted by molar-refractivity contribution is 5.80. The van der Waals surface area contributed by atoms with Crippen molar-refractivity contribution in [1.82, 2.24) is 10.2 Å². The third-order valence-corrected chi connectivity index (χ3v) is 4.17. The molecule has 0 atom stereocenters. The van der Waals surface area contributed by atoms with Gasteiger partial charge in [0.25, 0.3) is 0 Å². The molecule has 2 aliphatic rings. The zero-order valence-corrected chi connectivity index (χ0v) is 11.9. The highest BCUT2D eigenvalue weighted by Crippen LogP contribution is 2.28. The lowest BCUT2D eigenvalue weighted by Crippen LogP contribution is -2.48. The molecular formula is C16H23N3O. The minimum atomic E-state index is 0.257. The number of hydrogen-bond donors (Lipinski definition) is 1. The Kier molecular flexibility index (Phi) is 4.21. The van der Waals surface area contributed by atoms with E-state index in [4.69, 9.17) is 0 Å². The van der Waals surface area contributed by atoms with E-state index in [1.165, 1.54) is 5.69 Å². The zero-order valence-electron chi connectivity index (χ0n) is 11.9. The fourth-order valence-corrected chi connectivity index (χ4v) is 2.70. The molecule has 108 valence electrons. The van der Waals surface area contributed by atoms with Crippen molar-refractivity contribution in [2.75, 3.05) is 44.2 Å². The molecular weight excluding hydrogens is 250 g/mol. The summed E-state index contributed by atoms with van der Waals surface area (Å²) in [5.41, 5.74) is 1.31. The summed E-state index contributed by atoms with van der Waals surface area (Å²) in [6.07, 6.45) is 2.17. The Morgan fingerprint density at radius 2 is 1.80 bits per heavy atom. The average Bonchev–Trinajstić information content (AvgIpc) is 3.33. The summed E-state index contributed by atoms with van der Waals surface area (Å²) in [5, 5.41) is 3.04. The lowest BCUT2D eigenvalue weighted by Gasteiger charge is -2.36. The predicted molar refractivity (Wildman–Crippen MR) is 80.8 cm³/mol. The van der Waals surface area contributed by atoms with Crippen LogP contribution in [0.2, 0.25) is 0 Å². The summed E-state index contributed by atoms with van der Waals surface area (Å²) < 4.78 is 0. The molecule has 0 spiro atoms. The molecule has 1 aliphatic carbocycles. The first-order chi connectivity index (χ1) is 9.83. The van der Waals surface area contributed by atoms with Crippen LogP contribution in [0.4, 0.5) is 5.69 Å². The van der Waals surface area contributed by atoms with Gasteiger partial charge < -0.3 is 10.2 Å². The van der Waals surface area contributed by atoms with Gasteiger partial charge in [-0.2, -0.15) is 0 Å². The standard InChI is InChI=1S/C16H23N3O/c20-16(14-6-7-14)17-8-9-18-10-12-19(13-11-18)15-4-2-1-3-5-15/h1-5,14H,6-13H2,(H,17,20). The quantitative estimate of drug-likeness (QED) is 0.879. The summed E-state index contributed by atoms with van der Waals surface area (Å²) in [5.74, 6) is 0.581. The number of anilines is 1. The van der Waals surface area contributed by atoms with Crippen molar-refractivity contribution in [2.24, 2.45) is 5.92 Å². The molecule has 1 N–H and O–H groups in total. The molecule has 20 heavy (non-hydrogen) atoms. The van der Waals surface area contributed by atoms with Gasteiger partial charge in [-0.05, 0) is 25.0 Å². The Morgan fingerprint density at radius 1 is 1.10 bits per heavy atom. The van der Waals surface area contributed by atoms with Crippen molar-refractivity contribution in [2.45, 2.75) is 12.8 Å². The van der Waals surface area contributed by atoms with E-state index in [-0.39, 0.29) is 5.91 Å². The number of amides is 1. The van der Waals surface area contributed by atoms with Crippen LogP contribution in [0.3, 0.4) is 0 Å². The van der Waals surface area contributed by atoms with Crippen LogP contribution < -0.4 is 10.2 Å². The van der Waals surface area contributed by atoms with E-state index in [1.54, 1.807) is 0 Å². The SMILES string of the molecule is O=C(NCCN1CCN(c2ccccc2)CC1)C1CC1. The number of nitrogens with one attached hydrogen (secondary N) is 1. The molecule has 1 heterocycles. The first-order valence-electron chi connectivity index (χ1n) is 7.63. The van der Waals surface area contributed by atoms with Crippen LogP contribution in [-0.2, 0) is 4.79 Å². The Bertz CT molecular complexity index is 436. The molecule has 0 radical (unpaired) electrons. The summed E-state index contributed by atoms with van der Waals surface area (Å²) in [6.45, 7) is 6.06. The molecule has 0 bridgehead atoms. The molecule has 0 unspecified atom stereocenters. The number of nitrogens with zero attached hydrogens (tertiary/aromatic N) is 2. The molecule has 3 rings (SSSR count). The first-order valence-corrected chi connectivity index (χ1v) is 7.63. The third kappa shape index (κ3) is 3.51. The Labute approximate surface area is 120 Å². The van der Waals surface area contributed by atoms with E-state index in [9.17, 15) is 4.79 Å². The zero-order chi connectivity index (χ0) is 13.8. The van der Waals surface area contributed by atoms with Gasteiger partial charge >= 0.3 is 0 Å². The van der Waals surface area contributed by atoms with E-state index < -0.39 is 0 Å². The number of hydrogen-bond acceptors (Lipinski definition) is 3. The van der Waals surface area contributed by atoms with Gasteiger partial charge in [-0.3, -0.25) is 9.69 Å². The number of para-hydroxylation sites is 1.